The average molecular weight is 405 g/mol. The van der Waals surface area contributed by atoms with E-state index in [1.807, 2.05) is 30.3 Å². The van der Waals surface area contributed by atoms with Crippen molar-refractivity contribution in [3.05, 3.63) is 77.6 Å². The highest BCUT2D eigenvalue weighted by molar-refractivity contribution is 6.01. The molecular weight excluding hydrogens is 382 g/mol. The summed E-state index contributed by atoms with van der Waals surface area (Å²) in [5.74, 6) is 2.19. The van der Waals surface area contributed by atoms with Crippen molar-refractivity contribution in [3.63, 3.8) is 0 Å². The smallest absolute Gasteiger partial charge is 0.257 e. The van der Waals surface area contributed by atoms with Crippen molar-refractivity contribution >= 4 is 11.6 Å². The summed E-state index contributed by atoms with van der Waals surface area (Å²) in [5.41, 5.74) is 3.27. The van der Waals surface area contributed by atoms with Crippen LogP contribution in [0.4, 0.5) is 0 Å². The number of hydrazone groups is 1. The van der Waals surface area contributed by atoms with E-state index >= 15 is 0 Å². The maximum atomic E-state index is 13.2. The van der Waals surface area contributed by atoms with Gasteiger partial charge in [0, 0.05) is 19.5 Å². The van der Waals surface area contributed by atoms with Crippen LogP contribution in [0.1, 0.15) is 35.1 Å². The fraction of sp³-hybridized carbons (Fsp3) is 0.304. The Balaban J connectivity index is 1.34. The molecule has 0 N–H and O–H groups in total. The molecule has 0 radical (unpaired) electrons. The zero-order valence-electron chi connectivity index (χ0n) is 16.8. The molecule has 0 fully saturated rings. The van der Waals surface area contributed by atoms with E-state index in [4.69, 9.17) is 13.6 Å². The zero-order valence-corrected chi connectivity index (χ0v) is 16.8. The quantitative estimate of drug-likeness (QED) is 0.648. The van der Waals surface area contributed by atoms with Gasteiger partial charge < -0.3 is 13.6 Å². The number of hydrogen-bond acceptors (Lipinski definition) is 6. The lowest BCUT2D eigenvalue weighted by molar-refractivity contribution is -0.134. The van der Waals surface area contributed by atoms with Crippen molar-refractivity contribution in [1.82, 2.24) is 9.91 Å². The summed E-state index contributed by atoms with van der Waals surface area (Å²) in [6, 6.07) is 13.3. The van der Waals surface area contributed by atoms with Gasteiger partial charge in [-0.25, -0.2) is 5.01 Å². The molecule has 0 aliphatic carbocycles. The normalized spacial score (nSPS) is 18.9. The third-order valence-corrected chi connectivity index (χ3v) is 5.71. The summed E-state index contributed by atoms with van der Waals surface area (Å²) < 4.78 is 16.5. The van der Waals surface area contributed by atoms with Gasteiger partial charge >= 0.3 is 0 Å². The Hall–Kier alpha value is -3.32. The van der Waals surface area contributed by atoms with Gasteiger partial charge in [-0.2, -0.15) is 5.10 Å². The third kappa shape index (κ3) is 3.52. The first-order valence-electron chi connectivity index (χ1n) is 10.1. The van der Waals surface area contributed by atoms with Crippen LogP contribution in [-0.4, -0.2) is 41.7 Å². The second-order valence-electron chi connectivity index (χ2n) is 7.59. The lowest BCUT2D eigenvalue weighted by atomic mass is 9.99. The fourth-order valence-corrected chi connectivity index (χ4v) is 4.15. The molecule has 0 bridgehead atoms. The maximum Gasteiger partial charge on any atom is 0.257 e. The molecular formula is C23H23N3O4. The van der Waals surface area contributed by atoms with Gasteiger partial charge in [0.15, 0.2) is 0 Å². The molecule has 0 saturated carbocycles. The Labute approximate surface area is 174 Å². The van der Waals surface area contributed by atoms with Crippen LogP contribution >= 0.6 is 0 Å². The number of fused-ring (bicyclic) bond motifs is 1. The van der Waals surface area contributed by atoms with Crippen molar-refractivity contribution in [2.45, 2.75) is 25.4 Å². The standard InChI is InChI=1S/C23H23N3O4/c1-28-18-7-6-16-8-9-25(14-17(16)12-18)15-23(27)26-20(22-5-3-11-30-22)13-19(24-26)21-4-2-10-29-21/h2-7,10-12,20H,8-9,13-15H2,1H3. The topological polar surface area (TPSA) is 71.4 Å². The molecule has 4 heterocycles. The molecule has 1 unspecified atom stereocenters. The van der Waals surface area contributed by atoms with E-state index in [1.54, 1.807) is 24.6 Å². The Morgan fingerprint density at radius 3 is 2.80 bits per heavy atom. The number of methoxy groups -OCH3 is 1. The minimum absolute atomic E-state index is 0.0516. The van der Waals surface area contributed by atoms with E-state index < -0.39 is 0 Å². The Kier molecular flexibility index (Phi) is 4.88. The number of furan rings is 2. The summed E-state index contributed by atoms with van der Waals surface area (Å²) >= 11 is 0. The van der Waals surface area contributed by atoms with Crippen molar-refractivity contribution in [1.29, 1.82) is 0 Å². The minimum atomic E-state index is -0.259. The third-order valence-electron chi connectivity index (χ3n) is 5.71. The van der Waals surface area contributed by atoms with Crippen molar-refractivity contribution in [2.24, 2.45) is 5.10 Å². The molecule has 2 aliphatic rings. The summed E-state index contributed by atoms with van der Waals surface area (Å²) in [6.07, 6.45) is 4.71. The molecule has 1 atom stereocenters. The number of nitrogens with zero attached hydrogens (tertiary/aromatic N) is 3. The number of hydrogen-bond donors (Lipinski definition) is 0. The van der Waals surface area contributed by atoms with Gasteiger partial charge in [0.25, 0.3) is 5.91 Å². The van der Waals surface area contributed by atoms with Crippen LogP contribution in [0, 0.1) is 0 Å². The predicted octanol–water partition coefficient (Wildman–Crippen LogP) is 3.62. The van der Waals surface area contributed by atoms with Gasteiger partial charge in [0.05, 0.1) is 26.2 Å². The van der Waals surface area contributed by atoms with E-state index in [1.165, 1.54) is 11.1 Å². The van der Waals surface area contributed by atoms with Crippen LogP contribution in [-0.2, 0) is 17.8 Å². The zero-order chi connectivity index (χ0) is 20.5. The summed E-state index contributed by atoms with van der Waals surface area (Å²) in [7, 11) is 1.67. The van der Waals surface area contributed by atoms with Crippen LogP contribution in [0.2, 0.25) is 0 Å². The van der Waals surface area contributed by atoms with Crippen LogP contribution in [0.3, 0.4) is 0 Å². The van der Waals surface area contributed by atoms with E-state index in [9.17, 15) is 4.79 Å². The van der Waals surface area contributed by atoms with Gasteiger partial charge in [0.1, 0.15) is 29.0 Å². The van der Waals surface area contributed by atoms with Gasteiger partial charge in [-0.1, -0.05) is 6.07 Å². The van der Waals surface area contributed by atoms with E-state index in [2.05, 4.69) is 22.1 Å². The average Bonchev–Trinajstić information content (AvgIpc) is 3.53. The minimum Gasteiger partial charge on any atom is -0.497 e. The second-order valence-corrected chi connectivity index (χ2v) is 7.59. The summed E-state index contributed by atoms with van der Waals surface area (Å²) in [6.45, 7) is 1.84. The molecule has 0 saturated heterocycles. The van der Waals surface area contributed by atoms with Crippen LogP contribution < -0.4 is 4.74 Å². The molecule has 0 spiro atoms. The van der Waals surface area contributed by atoms with E-state index in [-0.39, 0.29) is 11.9 Å². The van der Waals surface area contributed by atoms with Crippen LogP contribution in [0.5, 0.6) is 5.75 Å². The molecule has 3 aromatic rings. The largest absolute Gasteiger partial charge is 0.497 e. The highest BCUT2D eigenvalue weighted by Crippen LogP contribution is 2.33. The molecule has 7 heteroatoms. The second kappa shape index (κ2) is 7.84. The van der Waals surface area contributed by atoms with Crippen LogP contribution in [0.25, 0.3) is 0 Å². The highest BCUT2D eigenvalue weighted by atomic mass is 16.5. The number of carbonyl (C=O) groups excluding carboxylic acids is 1. The molecule has 30 heavy (non-hydrogen) atoms. The van der Waals surface area contributed by atoms with Gasteiger partial charge in [-0.15, -0.1) is 0 Å². The van der Waals surface area contributed by atoms with Crippen LogP contribution in [0.15, 0.2) is 68.9 Å². The number of benzene rings is 1. The molecule has 5 rings (SSSR count). The SMILES string of the molecule is COc1ccc2c(c1)CN(CC(=O)N1N=C(c3ccco3)CC1c1ccco1)CC2. The highest BCUT2D eigenvalue weighted by Gasteiger charge is 2.36. The predicted molar refractivity (Wildman–Crippen MR) is 110 cm³/mol. The lowest BCUT2D eigenvalue weighted by Crippen LogP contribution is -2.40. The van der Waals surface area contributed by atoms with Gasteiger partial charge in [-0.3, -0.25) is 9.69 Å². The number of ether oxygens (including phenoxy) is 1. The molecule has 7 nitrogen and oxygen atoms in total. The Morgan fingerprint density at radius 2 is 2.03 bits per heavy atom. The number of amides is 1. The number of rotatable bonds is 5. The van der Waals surface area contributed by atoms with Crippen molar-refractivity contribution < 1.29 is 18.4 Å². The first-order valence-corrected chi connectivity index (χ1v) is 10.1. The van der Waals surface area contributed by atoms with Gasteiger partial charge in [0.2, 0.25) is 0 Å². The van der Waals surface area contributed by atoms with Crippen molar-refractivity contribution in [3.8, 4) is 5.75 Å². The Bertz CT molecular complexity index is 1060. The van der Waals surface area contributed by atoms with Crippen molar-refractivity contribution in [2.75, 3.05) is 20.2 Å². The first kappa shape index (κ1) is 18.7. The fourth-order valence-electron chi connectivity index (χ4n) is 4.15. The Morgan fingerprint density at radius 1 is 1.17 bits per heavy atom. The summed E-state index contributed by atoms with van der Waals surface area (Å²) in [4.78, 5) is 15.4. The monoisotopic (exact) mass is 405 g/mol. The van der Waals surface area contributed by atoms with Gasteiger partial charge in [-0.05, 0) is 53.9 Å². The van der Waals surface area contributed by atoms with E-state index in [0.717, 1.165) is 30.2 Å². The van der Waals surface area contributed by atoms with E-state index in [0.29, 0.717) is 25.3 Å². The molecule has 154 valence electrons. The number of carbonyl (C=O) groups is 1. The first-order chi connectivity index (χ1) is 14.7. The lowest BCUT2D eigenvalue weighted by Gasteiger charge is -2.30. The molecule has 2 aliphatic heterocycles. The maximum absolute atomic E-state index is 13.2. The molecule has 1 amide bonds. The molecule has 1 aromatic carbocycles. The summed E-state index contributed by atoms with van der Waals surface area (Å²) in [5, 5.41) is 6.16. The molecule has 2 aromatic heterocycles.